The Morgan fingerprint density at radius 2 is 1.88 bits per heavy atom. The summed E-state index contributed by atoms with van der Waals surface area (Å²) in [4.78, 5) is 16.3. The van der Waals surface area contributed by atoms with Gasteiger partial charge < -0.3 is 19.7 Å². The molecular formula is C24H26F3N3O3. The molecule has 2 atom stereocenters. The van der Waals surface area contributed by atoms with E-state index in [1.165, 1.54) is 30.3 Å². The number of halogens is 3. The lowest BCUT2D eigenvalue weighted by Crippen LogP contribution is -2.29. The summed E-state index contributed by atoms with van der Waals surface area (Å²) in [6.07, 6.45) is -1.85. The molecule has 3 aromatic rings. The molecule has 0 saturated heterocycles. The lowest BCUT2D eigenvalue weighted by molar-refractivity contribution is -0.274. The van der Waals surface area contributed by atoms with Gasteiger partial charge in [-0.05, 0) is 73.1 Å². The molecule has 33 heavy (non-hydrogen) atoms. The second-order valence-corrected chi connectivity index (χ2v) is 9.58. The van der Waals surface area contributed by atoms with E-state index < -0.39 is 12.3 Å². The van der Waals surface area contributed by atoms with Crippen LogP contribution in [0.3, 0.4) is 0 Å². The van der Waals surface area contributed by atoms with Gasteiger partial charge in [0.25, 0.3) is 0 Å². The molecule has 2 aromatic carbocycles. The molecule has 1 aliphatic rings. The zero-order chi connectivity index (χ0) is 24.0. The number of nitrogens with zero attached hydrogens (tertiary/aromatic N) is 2. The van der Waals surface area contributed by atoms with Crippen molar-refractivity contribution in [1.82, 2.24) is 9.55 Å². The second-order valence-electron chi connectivity index (χ2n) is 9.58. The highest BCUT2D eigenvalue weighted by Gasteiger charge is 2.35. The van der Waals surface area contributed by atoms with Gasteiger partial charge in [-0.3, -0.25) is 0 Å². The molecule has 0 spiro atoms. The van der Waals surface area contributed by atoms with Gasteiger partial charge in [-0.15, -0.1) is 13.2 Å². The second kappa shape index (κ2) is 8.28. The molecule has 0 aliphatic heterocycles. The topological polar surface area (TPSA) is 76.4 Å². The fourth-order valence-corrected chi connectivity index (χ4v) is 5.05. The number of aromatic carboxylic acids is 1. The third-order valence-electron chi connectivity index (χ3n) is 6.01. The van der Waals surface area contributed by atoms with Crippen LogP contribution < -0.4 is 10.1 Å². The van der Waals surface area contributed by atoms with Crippen LogP contribution in [0.1, 0.15) is 56.4 Å². The fraction of sp³-hybridized carbons (Fsp3) is 0.417. The van der Waals surface area contributed by atoms with Crippen LogP contribution in [0, 0.1) is 11.3 Å². The van der Waals surface area contributed by atoms with Crippen molar-refractivity contribution in [2.75, 3.05) is 5.32 Å². The van der Waals surface area contributed by atoms with E-state index in [9.17, 15) is 23.1 Å². The maximum Gasteiger partial charge on any atom is 0.573 e. The van der Waals surface area contributed by atoms with Gasteiger partial charge >= 0.3 is 12.3 Å². The predicted molar refractivity (Wildman–Crippen MR) is 119 cm³/mol. The first-order valence-electron chi connectivity index (χ1n) is 10.8. The molecule has 1 saturated carbocycles. The molecule has 6 nitrogen and oxygen atoms in total. The zero-order valence-corrected chi connectivity index (χ0v) is 18.6. The van der Waals surface area contributed by atoms with Crippen molar-refractivity contribution in [3.8, 4) is 5.75 Å². The number of carboxylic acid groups (broad SMARTS) is 1. The number of rotatable bonds is 5. The number of aromatic nitrogens is 2. The highest BCUT2D eigenvalue weighted by atomic mass is 19.4. The SMILES string of the molecule is CC1CC(n2c(Nc3ccc(OC(F)(F)F)cc3)nc3ccc(C(=O)O)cc32)CC(C)(C)C1. The minimum absolute atomic E-state index is 0.0909. The molecule has 2 unspecified atom stereocenters. The van der Waals surface area contributed by atoms with Gasteiger partial charge in [-0.1, -0.05) is 20.8 Å². The van der Waals surface area contributed by atoms with E-state index >= 15 is 0 Å². The Bertz CT molecular complexity index is 1170. The minimum atomic E-state index is -4.75. The van der Waals surface area contributed by atoms with Crippen molar-refractivity contribution in [2.45, 2.75) is 52.4 Å². The predicted octanol–water partition coefficient (Wildman–Crippen LogP) is 6.76. The number of ether oxygens (including phenoxy) is 1. The van der Waals surface area contributed by atoms with Crippen LogP contribution >= 0.6 is 0 Å². The molecular weight excluding hydrogens is 435 g/mol. The van der Waals surface area contributed by atoms with Crippen LogP contribution in [0.2, 0.25) is 0 Å². The van der Waals surface area contributed by atoms with E-state index in [1.54, 1.807) is 12.1 Å². The highest BCUT2D eigenvalue weighted by Crippen LogP contribution is 2.46. The Kier molecular flexibility index (Phi) is 5.76. The van der Waals surface area contributed by atoms with Gasteiger partial charge in [0.05, 0.1) is 16.6 Å². The van der Waals surface area contributed by atoms with Crippen LogP contribution in [0.5, 0.6) is 5.75 Å². The fourth-order valence-electron chi connectivity index (χ4n) is 5.05. The molecule has 1 aromatic heterocycles. The smallest absolute Gasteiger partial charge is 0.478 e. The van der Waals surface area contributed by atoms with Gasteiger partial charge in [0.1, 0.15) is 5.75 Å². The minimum Gasteiger partial charge on any atom is -0.478 e. The van der Waals surface area contributed by atoms with E-state index in [-0.39, 0.29) is 22.8 Å². The lowest BCUT2D eigenvalue weighted by atomic mass is 9.70. The van der Waals surface area contributed by atoms with Crippen LogP contribution in [-0.4, -0.2) is 27.0 Å². The van der Waals surface area contributed by atoms with Crippen LogP contribution in [0.25, 0.3) is 11.0 Å². The Balaban J connectivity index is 1.74. The Morgan fingerprint density at radius 1 is 1.18 bits per heavy atom. The number of benzene rings is 2. The third kappa shape index (κ3) is 5.23. The molecule has 1 aliphatic carbocycles. The molecule has 1 fully saturated rings. The average molecular weight is 461 g/mol. The molecule has 176 valence electrons. The third-order valence-corrected chi connectivity index (χ3v) is 6.01. The summed E-state index contributed by atoms with van der Waals surface area (Å²) in [5.74, 6) is -0.329. The molecule has 0 bridgehead atoms. The first-order chi connectivity index (χ1) is 15.4. The Hall–Kier alpha value is -3.23. The van der Waals surface area contributed by atoms with Crippen LogP contribution in [0.4, 0.5) is 24.8 Å². The summed E-state index contributed by atoms with van der Waals surface area (Å²) >= 11 is 0. The molecule has 0 amide bonds. The summed E-state index contributed by atoms with van der Waals surface area (Å²) in [6.45, 7) is 6.66. The molecule has 0 radical (unpaired) electrons. The number of hydrogen-bond donors (Lipinski definition) is 2. The van der Waals surface area contributed by atoms with E-state index in [4.69, 9.17) is 0 Å². The number of anilines is 2. The summed E-state index contributed by atoms with van der Waals surface area (Å²) in [7, 11) is 0. The van der Waals surface area contributed by atoms with Crippen LogP contribution in [0.15, 0.2) is 42.5 Å². The number of imidazole rings is 1. The van der Waals surface area contributed by atoms with Gasteiger partial charge in [0, 0.05) is 11.7 Å². The van der Waals surface area contributed by atoms with Crippen molar-refractivity contribution >= 4 is 28.6 Å². The van der Waals surface area contributed by atoms with E-state index in [0.29, 0.717) is 28.6 Å². The van der Waals surface area contributed by atoms with Crippen molar-refractivity contribution in [3.63, 3.8) is 0 Å². The van der Waals surface area contributed by atoms with E-state index in [1.807, 2.05) is 4.57 Å². The molecule has 1 heterocycles. The van der Waals surface area contributed by atoms with Gasteiger partial charge in [0.2, 0.25) is 5.95 Å². The lowest BCUT2D eigenvalue weighted by Gasteiger charge is -2.40. The van der Waals surface area contributed by atoms with E-state index in [0.717, 1.165) is 19.3 Å². The summed E-state index contributed by atoms with van der Waals surface area (Å²) in [5, 5.41) is 12.7. The number of nitrogens with one attached hydrogen (secondary N) is 1. The standard InChI is InChI=1S/C24H26F3N3O3/c1-14-10-17(13-23(2,3)12-14)30-20-11-15(21(31)32)4-9-19(20)29-22(30)28-16-5-7-18(8-6-16)33-24(25,26)27/h4-9,11,14,17H,10,12-13H2,1-3H3,(H,28,29)(H,31,32). The molecule has 4 rings (SSSR count). The van der Waals surface area contributed by atoms with Gasteiger partial charge in [-0.25, -0.2) is 9.78 Å². The van der Waals surface area contributed by atoms with Gasteiger partial charge in [0.15, 0.2) is 0 Å². The normalized spacial score (nSPS) is 20.5. The summed E-state index contributed by atoms with van der Waals surface area (Å²) in [5.41, 5.74) is 2.19. The first kappa shape index (κ1) is 22.9. The quantitative estimate of drug-likeness (QED) is 0.439. The van der Waals surface area contributed by atoms with Crippen LogP contribution in [-0.2, 0) is 0 Å². The number of carbonyl (C=O) groups is 1. The highest BCUT2D eigenvalue weighted by molar-refractivity contribution is 5.93. The van der Waals surface area contributed by atoms with Crippen molar-refractivity contribution < 1.29 is 27.8 Å². The average Bonchev–Trinajstić information content (AvgIpc) is 3.03. The maximum absolute atomic E-state index is 12.5. The summed E-state index contributed by atoms with van der Waals surface area (Å²) in [6, 6.07) is 10.4. The first-order valence-corrected chi connectivity index (χ1v) is 10.8. The number of carboxylic acids is 1. The Labute approximate surface area is 189 Å². The van der Waals surface area contributed by atoms with Crippen molar-refractivity contribution in [1.29, 1.82) is 0 Å². The van der Waals surface area contributed by atoms with Crippen molar-refractivity contribution in [2.24, 2.45) is 11.3 Å². The Morgan fingerprint density at radius 3 is 2.48 bits per heavy atom. The number of hydrogen-bond acceptors (Lipinski definition) is 4. The van der Waals surface area contributed by atoms with Crippen molar-refractivity contribution in [3.05, 3.63) is 48.0 Å². The number of fused-ring (bicyclic) bond motifs is 1. The van der Waals surface area contributed by atoms with Gasteiger partial charge in [-0.2, -0.15) is 0 Å². The van der Waals surface area contributed by atoms with E-state index in [2.05, 4.69) is 35.8 Å². The number of alkyl halides is 3. The largest absolute Gasteiger partial charge is 0.573 e. The zero-order valence-electron chi connectivity index (χ0n) is 18.6. The maximum atomic E-state index is 12.5. The monoisotopic (exact) mass is 461 g/mol. The molecule has 2 N–H and O–H groups in total. The summed E-state index contributed by atoms with van der Waals surface area (Å²) < 4.78 is 43.4. The molecule has 9 heteroatoms.